The van der Waals surface area contributed by atoms with Gasteiger partial charge in [0, 0.05) is 42.8 Å². The van der Waals surface area contributed by atoms with E-state index in [4.69, 9.17) is 4.74 Å². The van der Waals surface area contributed by atoms with Crippen LogP contribution in [0, 0.1) is 10.1 Å². The van der Waals surface area contributed by atoms with Gasteiger partial charge < -0.3 is 9.64 Å². The topological polar surface area (TPSA) is 55.6 Å². The van der Waals surface area contributed by atoms with Crippen molar-refractivity contribution in [1.29, 1.82) is 0 Å². The number of hydrogen-bond acceptors (Lipinski definition) is 4. The van der Waals surface area contributed by atoms with E-state index in [0.717, 1.165) is 17.8 Å². The third-order valence-corrected chi connectivity index (χ3v) is 3.61. The molecule has 0 aliphatic rings. The fraction of sp³-hybridized carbons (Fsp3) is 0.538. The molecular formula is C13H19BrN2O3. The number of ether oxygens (including phenoxy) is 1. The third-order valence-electron chi connectivity index (χ3n) is 3.01. The lowest BCUT2D eigenvalue weighted by atomic mass is 10.1. The molecule has 0 bridgehead atoms. The summed E-state index contributed by atoms with van der Waals surface area (Å²) >= 11 is 3.40. The predicted molar refractivity (Wildman–Crippen MR) is 80.1 cm³/mol. The normalized spacial score (nSPS) is 12.2. The summed E-state index contributed by atoms with van der Waals surface area (Å²) in [5.41, 5.74) is 2.04. The van der Waals surface area contributed by atoms with Crippen LogP contribution in [-0.4, -0.2) is 31.2 Å². The first-order valence-electron chi connectivity index (χ1n) is 6.14. The SMILES string of the molecule is CCN(c1ccc([N+](=O)[O-])cc1CBr)C(C)COC. The zero-order valence-electron chi connectivity index (χ0n) is 11.4. The van der Waals surface area contributed by atoms with Crippen LogP contribution in [0.1, 0.15) is 19.4 Å². The monoisotopic (exact) mass is 330 g/mol. The molecule has 0 aromatic heterocycles. The van der Waals surface area contributed by atoms with Gasteiger partial charge in [0.15, 0.2) is 0 Å². The van der Waals surface area contributed by atoms with Crippen molar-refractivity contribution in [3.63, 3.8) is 0 Å². The molecule has 0 spiro atoms. The summed E-state index contributed by atoms with van der Waals surface area (Å²) in [6.45, 7) is 5.58. The van der Waals surface area contributed by atoms with Crippen LogP contribution in [0.15, 0.2) is 18.2 Å². The molecule has 0 aliphatic heterocycles. The Bertz CT molecular complexity index is 440. The number of alkyl halides is 1. The van der Waals surface area contributed by atoms with Crippen LogP contribution >= 0.6 is 15.9 Å². The van der Waals surface area contributed by atoms with Gasteiger partial charge in [-0.15, -0.1) is 0 Å². The molecule has 0 saturated carbocycles. The molecule has 106 valence electrons. The summed E-state index contributed by atoms with van der Waals surface area (Å²) in [6, 6.07) is 5.19. The van der Waals surface area contributed by atoms with Crippen LogP contribution in [0.25, 0.3) is 0 Å². The molecule has 0 saturated heterocycles. The molecule has 0 fully saturated rings. The first kappa shape index (κ1) is 15.9. The van der Waals surface area contributed by atoms with Gasteiger partial charge >= 0.3 is 0 Å². The minimum Gasteiger partial charge on any atom is -0.383 e. The highest BCUT2D eigenvalue weighted by Crippen LogP contribution is 2.28. The van der Waals surface area contributed by atoms with Gasteiger partial charge in [0.2, 0.25) is 0 Å². The highest BCUT2D eigenvalue weighted by atomic mass is 79.9. The van der Waals surface area contributed by atoms with Gasteiger partial charge in [0.1, 0.15) is 0 Å². The number of rotatable bonds is 7. The van der Waals surface area contributed by atoms with E-state index >= 15 is 0 Å². The molecule has 1 atom stereocenters. The van der Waals surface area contributed by atoms with Gasteiger partial charge in [-0.1, -0.05) is 15.9 Å². The maximum atomic E-state index is 10.8. The number of hydrogen-bond donors (Lipinski definition) is 0. The van der Waals surface area contributed by atoms with Crippen LogP contribution in [0.2, 0.25) is 0 Å². The van der Waals surface area contributed by atoms with E-state index in [9.17, 15) is 10.1 Å². The number of nitro groups is 1. The number of anilines is 1. The van der Waals surface area contributed by atoms with Crippen LogP contribution in [-0.2, 0) is 10.1 Å². The molecule has 6 heteroatoms. The maximum absolute atomic E-state index is 10.8. The third kappa shape index (κ3) is 3.91. The van der Waals surface area contributed by atoms with Crippen molar-refractivity contribution in [3.05, 3.63) is 33.9 Å². The molecular weight excluding hydrogens is 312 g/mol. The summed E-state index contributed by atoms with van der Waals surface area (Å²) in [5.74, 6) is 0. The average molecular weight is 331 g/mol. The Balaban J connectivity index is 3.13. The predicted octanol–water partition coefficient (Wildman–Crippen LogP) is 3.35. The molecule has 0 amide bonds. The molecule has 5 nitrogen and oxygen atoms in total. The number of nitrogens with zero attached hydrogens (tertiary/aromatic N) is 2. The molecule has 0 radical (unpaired) electrons. The summed E-state index contributed by atoms with van der Waals surface area (Å²) < 4.78 is 5.18. The molecule has 0 heterocycles. The Hall–Kier alpha value is -1.14. The Morgan fingerprint density at radius 3 is 2.68 bits per heavy atom. The summed E-state index contributed by atoms with van der Waals surface area (Å²) in [6.07, 6.45) is 0. The highest BCUT2D eigenvalue weighted by molar-refractivity contribution is 9.08. The Labute approximate surface area is 121 Å². The van der Waals surface area contributed by atoms with E-state index in [2.05, 4.69) is 34.7 Å². The molecule has 1 aromatic carbocycles. The smallest absolute Gasteiger partial charge is 0.269 e. The minimum absolute atomic E-state index is 0.119. The van der Waals surface area contributed by atoms with Gasteiger partial charge in [0.05, 0.1) is 11.5 Å². The zero-order valence-corrected chi connectivity index (χ0v) is 13.0. The van der Waals surface area contributed by atoms with E-state index in [1.165, 1.54) is 0 Å². The van der Waals surface area contributed by atoms with Gasteiger partial charge in [-0.25, -0.2) is 0 Å². The summed E-state index contributed by atoms with van der Waals surface area (Å²) in [4.78, 5) is 12.6. The zero-order chi connectivity index (χ0) is 14.4. The number of methoxy groups -OCH3 is 1. The van der Waals surface area contributed by atoms with Gasteiger partial charge in [0.25, 0.3) is 5.69 Å². The molecule has 1 rings (SSSR count). The number of non-ortho nitro benzene ring substituents is 1. The Morgan fingerprint density at radius 1 is 1.53 bits per heavy atom. The Morgan fingerprint density at radius 2 is 2.21 bits per heavy atom. The lowest BCUT2D eigenvalue weighted by molar-refractivity contribution is -0.384. The second kappa shape index (κ2) is 7.45. The second-order valence-corrected chi connectivity index (χ2v) is 4.85. The van der Waals surface area contributed by atoms with Gasteiger partial charge in [-0.05, 0) is 25.5 Å². The number of halogens is 1. The van der Waals surface area contributed by atoms with Crippen LogP contribution in [0.5, 0.6) is 0 Å². The Kier molecular flexibility index (Phi) is 6.24. The van der Waals surface area contributed by atoms with E-state index < -0.39 is 0 Å². The first-order valence-corrected chi connectivity index (χ1v) is 7.26. The molecule has 0 aliphatic carbocycles. The lowest BCUT2D eigenvalue weighted by Crippen LogP contribution is -2.36. The standard InChI is InChI=1S/C13H19BrN2O3/c1-4-15(10(2)9-19-3)13-6-5-12(16(17)18)7-11(13)8-14/h5-7,10H,4,8-9H2,1-3H3. The van der Waals surface area contributed by atoms with Crippen LogP contribution < -0.4 is 4.90 Å². The minimum atomic E-state index is -0.370. The van der Waals surface area contributed by atoms with Crippen molar-refractivity contribution in [3.8, 4) is 0 Å². The van der Waals surface area contributed by atoms with E-state index in [1.807, 2.05) is 6.07 Å². The van der Waals surface area contributed by atoms with E-state index in [1.54, 1.807) is 19.2 Å². The average Bonchev–Trinajstić information content (AvgIpc) is 2.40. The van der Waals surface area contributed by atoms with Crippen LogP contribution in [0.4, 0.5) is 11.4 Å². The molecule has 0 N–H and O–H groups in total. The maximum Gasteiger partial charge on any atom is 0.269 e. The van der Waals surface area contributed by atoms with Crippen molar-refractivity contribution in [1.82, 2.24) is 0 Å². The summed E-state index contributed by atoms with van der Waals surface area (Å²) in [7, 11) is 1.67. The molecule has 1 unspecified atom stereocenters. The molecule has 19 heavy (non-hydrogen) atoms. The fourth-order valence-electron chi connectivity index (χ4n) is 2.12. The number of nitro benzene ring substituents is 1. The van der Waals surface area contributed by atoms with Crippen molar-refractivity contribution in [2.45, 2.75) is 25.2 Å². The van der Waals surface area contributed by atoms with Crippen molar-refractivity contribution in [2.24, 2.45) is 0 Å². The van der Waals surface area contributed by atoms with E-state index in [-0.39, 0.29) is 16.7 Å². The first-order chi connectivity index (χ1) is 9.04. The highest BCUT2D eigenvalue weighted by Gasteiger charge is 2.18. The van der Waals surface area contributed by atoms with Crippen molar-refractivity contribution < 1.29 is 9.66 Å². The van der Waals surface area contributed by atoms with E-state index in [0.29, 0.717) is 11.9 Å². The second-order valence-electron chi connectivity index (χ2n) is 4.29. The fourth-order valence-corrected chi connectivity index (χ4v) is 2.57. The number of likely N-dealkylation sites (N-methyl/N-ethyl adjacent to an activating group) is 1. The van der Waals surface area contributed by atoms with Crippen LogP contribution in [0.3, 0.4) is 0 Å². The van der Waals surface area contributed by atoms with Gasteiger partial charge in [-0.2, -0.15) is 0 Å². The number of benzene rings is 1. The summed E-state index contributed by atoms with van der Waals surface area (Å²) in [5, 5.41) is 11.4. The van der Waals surface area contributed by atoms with Crippen molar-refractivity contribution >= 4 is 27.3 Å². The lowest BCUT2D eigenvalue weighted by Gasteiger charge is -2.31. The quantitative estimate of drug-likeness (QED) is 0.437. The largest absolute Gasteiger partial charge is 0.383 e. The molecule has 1 aromatic rings. The van der Waals surface area contributed by atoms with Crippen molar-refractivity contribution in [2.75, 3.05) is 25.2 Å². The van der Waals surface area contributed by atoms with Gasteiger partial charge in [-0.3, -0.25) is 10.1 Å².